The van der Waals surface area contributed by atoms with E-state index < -0.39 is 5.56 Å². The third-order valence-electron chi connectivity index (χ3n) is 3.38. The average Bonchev–Trinajstić information content (AvgIpc) is 2.64. The third-order valence-corrected chi connectivity index (χ3v) is 4.39. The largest absolute Gasteiger partial charge is 0.360 e. The summed E-state index contributed by atoms with van der Waals surface area (Å²) >= 11 is 1.37. The van der Waals surface area contributed by atoms with Crippen LogP contribution in [0.5, 0.6) is 0 Å². The zero-order valence-electron chi connectivity index (χ0n) is 12.9. The molecule has 2 aromatic carbocycles. The van der Waals surface area contributed by atoms with Gasteiger partial charge in [-0.2, -0.15) is 4.68 Å². The van der Waals surface area contributed by atoms with Crippen molar-refractivity contribution in [1.82, 2.24) is 14.9 Å². The predicted molar refractivity (Wildman–Crippen MR) is 96.2 cm³/mol. The van der Waals surface area contributed by atoms with Crippen LogP contribution >= 0.6 is 11.8 Å². The smallest absolute Gasteiger partial charge is 0.315 e. The van der Waals surface area contributed by atoms with Crippen LogP contribution in [0, 0.1) is 0 Å². The van der Waals surface area contributed by atoms with Crippen LogP contribution in [0.4, 0.5) is 5.82 Å². The molecule has 0 atom stereocenters. The van der Waals surface area contributed by atoms with Crippen LogP contribution in [0.15, 0.2) is 70.6 Å². The normalized spacial score (nSPS) is 10.5. The Labute approximate surface area is 143 Å². The van der Waals surface area contributed by atoms with Crippen molar-refractivity contribution in [2.45, 2.75) is 17.5 Å². The van der Waals surface area contributed by atoms with Gasteiger partial charge in [0, 0.05) is 12.3 Å². The van der Waals surface area contributed by atoms with Gasteiger partial charge in [0.1, 0.15) is 0 Å². The monoisotopic (exact) mass is 339 g/mol. The molecule has 0 fully saturated rings. The molecule has 6 nitrogen and oxygen atoms in total. The summed E-state index contributed by atoms with van der Waals surface area (Å²) in [5, 5.41) is 11.4. The number of rotatable bonds is 6. The minimum Gasteiger partial charge on any atom is -0.360 e. The first-order chi connectivity index (χ1) is 11.7. The molecule has 3 rings (SSSR count). The number of aromatic nitrogens is 3. The van der Waals surface area contributed by atoms with Crippen LogP contribution in [0.1, 0.15) is 11.1 Å². The van der Waals surface area contributed by atoms with Gasteiger partial charge in [-0.1, -0.05) is 72.4 Å². The maximum Gasteiger partial charge on any atom is 0.315 e. The van der Waals surface area contributed by atoms with Crippen molar-refractivity contribution >= 4 is 17.6 Å². The lowest BCUT2D eigenvalue weighted by atomic mass is 10.2. The van der Waals surface area contributed by atoms with E-state index in [9.17, 15) is 4.79 Å². The number of nitrogens with one attached hydrogen (secondary N) is 1. The van der Waals surface area contributed by atoms with Gasteiger partial charge in [0.2, 0.25) is 11.0 Å². The molecule has 0 radical (unpaired) electrons. The van der Waals surface area contributed by atoms with E-state index in [0.29, 0.717) is 17.5 Å². The molecule has 0 aliphatic carbocycles. The Bertz CT molecular complexity index is 852. The van der Waals surface area contributed by atoms with Crippen molar-refractivity contribution in [2.75, 3.05) is 11.2 Å². The summed E-state index contributed by atoms with van der Waals surface area (Å²) in [7, 11) is 0. The van der Waals surface area contributed by atoms with Crippen LogP contribution < -0.4 is 16.7 Å². The van der Waals surface area contributed by atoms with Crippen molar-refractivity contribution in [3.63, 3.8) is 0 Å². The maximum absolute atomic E-state index is 12.3. The molecule has 0 aliphatic rings. The third kappa shape index (κ3) is 3.94. The molecule has 1 aromatic heterocycles. The van der Waals surface area contributed by atoms with E-state index >= 15 is 0 Å². The average molecular weight is 339 g/mol. The Morgan fingerprint density at radius 1 is 0.958 bits per heavy atom. The number of anilines is 1. The summed E-state index contributed by atoms with van der Waals surface area (Å²) in [6.07, 6.45) is 0. The molecule has 0 spiro atoms. The number of benzene rings is 2. The van der Waals surface area contributed by atoms with Crippen LogP contribution in [0.2, 0.25) is 0 Å². The lowest BCUT2D eigenvalue weighted by Gasteiger charge is -2.09. The molecule has 3 aromatic rings. The van der Waals surface area contributed by atoms with Crippen molar-refractivity contribution in [2.24, 2.45) is 0 Å². The van der Waals surface area contributed by atoms with Crippen LogP contribution in [-0.2, 0) is 12.3 Å². The summed E-state index contributed by atoms with van der Waals surface area (Å²) in [6.45, 7) is 0.487. The second-order valence-electron chi connectivity index (χ2n) is 5.12. The summed E-state index contributed by atoms with van der Waals surface area (Å²) in [6, 6.07) is 19.7. The Morgan fingerprint density at radius 2 is 1.58 bits per heavy atom. The van der Waals surface area contributed by atoms with E-state index in [1.165, 1.54) is 11.8 Å². The first-order valence-corrected chi connectivity index (χ1v) is 8.42. The standard InChI is InChI=1S/C17H17N5OS/c18-22-16(23)15(19-11-13-7-3-1-4-8-13)20-21-17(22)24-12-14-9-5-2-6-10-14/h1-10H,11-12,18H2,(H,19,20). The van der Waals surface area contributed by atoms with Crippen molar-refractivity contribution in [3.8, 4) is 0 Å². The molecule has 0 saturated carbocycles. The molecular weight excluding hydrogens is 322 g/mol. The quantitative estimate of drug-likeness (QED) is 0.529. The second-order valence-corrected chi connectivity index (χ2v) is 6.06. The first-order valence-electron chi connectivity index (χ1n) is 7.43. The highest BCUT2D eigenvalue weighted by Crippen LogP contribution is 2.18. The maximum atomic E-state index is 12.3. The molecule has 0 saturated heterocycles. The van der Waals surface area contributed by atoms with E-state index in [4.69, 9.17) is 5.84 Å². The van der Waals surface area contributed by atoms with Crippen molar-refractivity contribution < 1.29 is 0 Å². The Morgan fingerprint density at radius 3 is 2.25 bits per heavy atom. The molecular formula is C17H17N5OS. The topological polar surface area (TPSA) is 85.8 Å². The molecule has 3 N–H and O–H groups in total. The van der Waals surface area contributed by atoms with E-state index in [1.54, 1.807) is 0 Å². The molecule has 0 bridgehead atoms. The van der Waals surface area contributed by atoms with Crippen molar-refractivity contribution in [1.29, 1.82) is 0 Å². The SMILES string of the molecule is Nn1c(SCc2ccccc2)nnc(NCc2ccccc2)c1=O. The second kappa shape index (κ2) is 7.65. The van der Waals surface area contributed by atoms with Crippen LogP contribution in [0.25, 0.3) is 0 Å². The van der Waals surface area contributed by atoms with E-state index in [2.05, 4.69) is 15.5 Å². The Hall–Kier alpha value is -2.80. The molecule has 7 heteroatoms. The highest BCUT2D eigenvalue weighted by atomic mass is 32.2. The lowest BCUT2D eigenvalue weighted by molar-refractivity contribution is 0.701. The van der Waals surface area contributed by atoms with E-state index in [0.717, 1.165) is 15.8 Å². The minimum atomic E-state index is -0.392. The first kappa shape index (κ1) is 16.1. The highest BCUT2D eigenvalue weighted by molar-refractivity contribution is 7.98. The number of hydrogen-bond donors (Lipinski definition) is 2. The van der Waals surface area contributed by atoms with Gasteiger partial charge >= 0.3 is 5.56 Å². The number of nitrogens with zero attached hydrogens (tertiary/aromatic N) is 3. The predicted octanol–water partition coefficient (Wildman–Crippen LogP) is 2.26. The molecule has 0 aliphatic heterocycles. The highest BCUT2D eigenvalue weighted by Gasteiger charge is 2.10. The number of hydrogen-bond acceptors (Lipinski definition) is 6. The van der Waals surface area contributed by atoms with Crippen LogP contribution in [-0.4, -0.2) is 14.9 Å². The fourth-order valence-corrected chi connectivity index (χ4v) is 2.91. The zero-order valence-corrected chi connectivity index (χ0v) is 13.7. The Kier molecular flexibility index (Phi) is 5.12. The zero-order chi connectivity index (χ0) is 16.8. The van der Waals surface area contributed by atoms with Gasteiger partial charge in [-0.3, -0.25) is 4.79 Å². The lowest BCUT2D eigenvalue weighted by Crippen LogP contribution is -2.32. The van der Waals surface area contributed by atoms with E-state index in [1.807, 2.05) is 60.7 Å². The van der Waals surface area contributed by atoms with Gasteiger partial charge in [0.05, 0.1) is 0 Å². The number of nitrogen functional groups attached to an aromatic ring is 1. The summed E-state index contributed by atoms with van der Waals surface area (Å²) in [5.41, 5.74) is 1.78. The molecule has 1 heterocycles. The van der Waals surface area contributed by atoms with Gasteiger partial charge in [-0.15, -0.1) is 10.2 Å². The van der Waals surface area contributed by atoms with Gasteiger partial charge in [-0.25, -0.2) is 0 Å². The van der Waals surface area contributed by atoms with Crippen molar-refractivity contribution in [3.05, 3.63) is 82.1 Å². The van der Waals surface area contributed by atoms with Crippen LogP contribution in [0.3, 0.4) is 0 Å². The Balaban J connectivity index is 1.68. The van der Waals surface area contributed by atoms with Gasteiger partial charge in [-0.05, 0) is 11.1 Å². The molecule has 122 valence electrons. The molecule has 24 heavy (non-hydrogen) atoms. The summed E-state index contributed by atoms with van der Waals surface area (Å²) in [5.74, 6) is 6.67. The van der Waals surface area contributed by atoms with E-state index in [-0.39, 0.29) is 5.82 Å². The fourth-order valence-electron chi connectivity index (χ4n) is 2.10. The molecule has 0 amide bonds. The minimum absolute atomic E-state index is 0.144. The van der Waals surface area contributed by atoms with Gasteiger partial charge < -0.3 is 11.2 Å². The number of nitrogens with two attached hydrogens (primary N) is 1. The number of thioether (sulfide) groups is 1. The summed E-state index contributed by atoms with van der Waals surface area (Å²) in [4.78, 5) is 12.3. The molecule has 0 unspecified atom stereocenters. The fraction of sp³-hybridized carbons (Fsp3) is 0.118. The summed E-state index contributed by atoms with van der Waals surface area (Å²) < 4.78 is 1.04. The van der Waals surface area contributed by atoms with Gasteiger partial charge in [0.15, 0.2) is 0 Å². The van der Waals surface area contributed by atoms with Gasteiger partial charge in [0.25, 0.3) is 0 Å².